The van der Waals surface area contributed by atoms with Crippen LogP contribution in [0, 0.1) is 5.92 Å². The van der Waals surface area contributed by atoms with Crippen LogP contribution in [0.2, 0.25) is 5.02 Å². The molecule has 0 atom stereocenters. The Hall–Kier alpha value is -3.47. The topological polar surface area (TPSA) is 105 Å². The Morgan fingerprint density at radius 2 is 1.85 bits per heavy atom. The number of halogens is 4. The molecule has 2 aromatic heterocycles. The van der Waals surface area contributed by atoms with Crippen molar-refractivity contribution in [3.63, 3.8) is 0 Å². The minimum Gasteiger partial charge on any atom is -0.450 e. The Morgan fingerprint density at radius 3 is 2.51 bits per heavy atom. The molecule has 1 aliphatic heterocycles. The fraction of sp³-hybridized carbons (Fsp3) is 0.444. The number of fused-ring (bicyclic) bond motifs is 3. The number of carbonyl (C=O) groups is 2. The molecular weight excluding hydrogens is 539 g/mol. The normalized spacial score (nSPS) is 15.8. The molecule has 1 aliphatic carbocycles. The van der Waals surface area contributed by atoms with Gasteiger partial charge in [0.1, 0.15) is 11.4 Å². The maximum Gasteiger partial charge on any atom is 0.573 e. The SMILES string of the molecule is O=C(CC1CCCCC1)N1CCc2c(n(Cc3ccc(OC(F)(F)F)c(Cl)c3)c3ncccc23)C1.O=C(O)O. The number of alkyl halides is 3. The lowest BCUT2D eigenvalue weighted by Crippen LogP contribution is -2.37. The molecule has 0 unspecified atom stereocenters. The zero-order chi connectivity index (χ0) is 28.2. The lowest BCUT2D eigenvalue weighted by Gasteiger charge is -2.31. The van der Waals surface area contributed by atoms with Crippen molar-refractivity contribution >= 4 is 34.7 Å². The molecule has 3 aromatic rings. The van der Waals surface area contributed by atoms with Crippen molar-refractivity contribution in [3.8, 4) is 5.75 Å². The maximum atomic E-state index is 13.1. The summed E-state index contributed by atoms with van der Waals surface area (Å²) in [6, 6.07) is 8.22. The van der Waals surface area contributed by atoms with Crippen molar-refractivity contribution in [2.45, 2.75) is 64.4 Å². The second-order valence-electron chi connectivity index (χ2n) is 9.75. The minimum absolute atomic E-state index is 0.109. The quantitative estimate of drug-likeness (QED) is 0.355. The van der Waals surface area contributed by atoms with Crippen LogP contribution in [0.5, 0.6) is 5.75 Å². The van der Waals surface area contributed by atoms with Gasteiger partial charge in [0, 0.05) is 36.8 Å². The monoisotopic (exact) mass is 567 g/mol. The van der Waals surface area contributed by atoms with E-state index in [1.165, 1.54) is 37.0 Å². The van der Waals surface area contributed by atoms with Gasteiger partial charge in [-0.25, -0.2) is 9.78 Å². The molecule has 1 saturated carbocycles. The first-order chi connectivity index (χ1) is 18.5. The molecule has 0 radical (unpaired) electrons. The molecule has 0 bridgehead atoms. The molecular formula is C27H29ClF3N3O5. The third kappa shape index (κ3) is 7.35. The average Bonchev–Trinajstić information content (AvgIpc) is 3.18. The van der Waals surface area contributed by atoms with Gasteiger partial charge in [0.05, 0.1) is 11.6 Å². The van der Waals surface area contributed by atoms with Gasteiger partial charge in [0.15, 0.2) is 0 Å². The van der Waals surface area contributed by atoms with E-state index >= 15 is 0 Å². The highest BCUT2D eigenvalue weighted by Crippen LogP contribution is 2.34. The van der Waals surface area contributed by atoms with Crippen LogP contribution in [-0.4, -0.2) is 49.6 Å². The fourth-order valence-corrected chi connectivity index (χ4v) is 5.69. The predicted octanol–water partition coefficient (Wildman–Crippen LogP) is 6.71. The summed E-state index contributed by atoms with van der Waals surface area (Å²) in [5.74, 6) is 0.244. The van der Waals surface area contributed by atoms with Crippen LogP contribution in [0.3, 0.4) is 0 Å². The van der Waals surface area contributed by atoms with E-state index in [-0.39, 0.29) is 10.9 Å². The summed E-state index contributed by atoms with van der Waals surface area (Å²) >= 11 is 6.09. The molecule has 5 rings (SSSR count). The van der Waals surface area contributed by atoms with Gasteiger partial charge in [-0.15, -0.1) is 13.2 Å². The van der Waals surface area contributed by atoms with Crippen molar-refractivity contribution in [2.75, 3.05) is 6.54 Å². The Balaban J connectivity index is 0.000000826. The van der Waals surface area contributed by atoms with Gasteiger partial charge in [0.2, 0.25) is 5.91 Å². The number of ether oxygens (including phenoxy) is 1. The highest BCUT2D eigenvalue weighted by molar-refractivity contribution is 6.32. The van der Waals surface area contributed by atoms with E-state index < -0.39 is 18.3 Å². The van der Waals surface area contributed by atoms with Crippen molar-refractivity contribution < 1.29 is 37.7 Å². The standard InChI is InChI=1S/C26H27ClF3N3O2.CH2O3/c27-21-13-18(8-9-23(21)35-26(28,29)30)15-33-22-16-32(24(34)14-17-5-2-1-3-6-17)12-10-19(22)20-7-4-11-31-25(20)33;2-1(3)4/h4,7-9,11,13,17H,1-3,5-6,10,12,14-16H2;(H2,2,3,4). The third-order valence-corrected chi connectivity index (χ3v) is 7.41. The minimum atomic E-state index is -4.81. The summed E-state index contributed by atoms with van der Waals surface area (Å²) in [4.78, 5) is 28.2. The lowest BCUT2D eigenvalue weighted by atomic mass is 9.86. The van der Waals surface area contributed by atoms with Crippen LogP contribution in [-0.2, 0) is 24.3 Å². The van der Waals surface area contributed by atoms with Crippen LogP contribution in [0.4, 0.5) is 18.0 Å². The zero-order valence-electron chi connectivity index (χ0n) is 21.1. The van der Waals surface area contributed by atoms with Crippen LogP contribution >= 0.6 is 11.6 Å². The number of amides is 1. The van der Waals surface area contributed by atoms with E-state index in [1.807, 2.05) is 17.0 Å². The van der Waals surface area contributed by atoms with E-state index in [0.717, 1.165) is 41.6 Å². The van der Waals surface area contributed by atoms with Crippen molar-refractivity contribution in [1.29, 1.82) is 0 Å². The fourth-order valence-electron chi connectivity index (χ4n) is 5.44. The Morgan fingerprint density at radius 1 is 1.13 bits per heavy atom. The largest absolute Gasteiger partial charge is 0.573 e. The molecule has 8 nitrogen and oxygen atoms in total. The van der Waals surface area contributed by atoms with Gasteiger partial charge in [-0.1, -0.05) is 36.9 Å². The molecule has 12 heteroatoms. The molecule has 1 amide bonds. The van der Waals surface area contributed by atoms with Gasteiger partial charge in [-0.05, 0) is 60.6 Å². The summed E-state index contributed by atoms with van der Waals surface area (Å²) in [5, 5.41) is 14.9. The lowest BCUT2D eigenvalue weighted by molar-refractivity contribution is -0.274. The molecule has 39 heavy (non-hydrogen) atoms. The predicted molar refractivity (Wildman–Crippen MR) is 138 cm³/mol. The number of aromatic nitrogens is 2. The second kappa shape index (κ2) is 12.1. The van der Waals surface area contributed by atoms with Gasteiger partial charge >= 0.3 is 12.5 Å². The van der Waals surface area contributed by atoms with Crippen LogP contribution in [0.25, 0.3) is 11.0 Å². The number of nitrogens with zero attached hydrogens (tertiary/aromatic N) is 3. The smallest absolute Gasteiger partial charge is 0.450 e. The summed E-state index contributed by atoms with van der Waals surface area (Å²) < 4.78 is 43.9. The highest BCUT2D eigenvalue weighted by atomic mass is 35.5. The molecule has 1 aromatic carbocycles. The Labute approximate surface area is 227 Å². The number of carboxylic acid groups (broad SMARTS) is 2. The molecule has 3 heterocycles. The van der Waals surface area contributed by atoms with Crippen LogP contribution in [0.1, 0.15) is 55.3 Å². The molecule has 1 fully saturated rings. The van der Waals surface area contributed by atoms with Gasteiger partial charge < -0.3 is 24.4 Å². The molecule has 2 N–H and O–H groups in total. The van der Waals surface area contributed by atoms with E-state index in [4.69, 9.17) is 26.6 Å². The average molecular weight is 568 g/mol. The van der Waals surface area contributed by atoms with Gasteiger partial charge in [-0.2, -0.15) is 0 Å². The van der Waals surface area contributed by atoms with E-state index in [0.29, 0.717) is 32.0 Å². The molecule has 0 spiro atoms. The highest BCUT2D eigenvalue weighted by Gasteiger charge is 2.32. The summed E-state index contributed by atoms with van der Waals surface area (Å²) in [7, 11) is 0. The van der Waals surface area contributed by atoms with E-state index in [2.05, 4.69) is 14.3 Å². The first-order valence-corrected chi connectivity index (χ1v) is 13.1. The van der Waals surface area contributed by atoms with Crippen molar-refractivity contribution in [1.82, 2.24) is 14.5 Å². The molecule has 0 saturated heterocycles. The number of carbonyl (C=O) groups excluding carboxylic acids is 1. The van der Waals surface area contributed by atoms with E-state index in [1.54, 1.807) is 12.3 Å². The first-order valence-electron chi connectivity index (χ1n) is 12.7. The van der Waals surface area contributed by atoms with Gasteiger partial charge in [0.25, 0.3) is 0 Å². The zero-order valence-corrected chi connectivity index (χ0v) is 21.8. The van der Waals surface area contributed by atoms with Crippen LogP contribution < -0.4 is 4.74 Å². The van der Waals surface area contributed by atoms with Gasteiger partial charge in [-0.3, -0.25) is 4.79 Å². The summed E-state index contributed by atoms with van der Waals surface area (Å²) in [6.45, 7) is 1.56. The Bertz CT molecular complexity index is 1330. The molecule has 210 valence electrons. The van der Waals surface area contributed by atoms with Crippen molar-refractivity contribution in [3.05, 3.63) is 58.4 Å². The first kappa shape index (κ1) is 28.5. The summed E-state index contributed by atoms with van der Waals surface area (Å²) in [5.41, 5.74) is 3.72. The van der Waals surface area contributed by atoms with Crippen molar-refractivity contribution in [2.24, 2.45) is 5.92 Å². The second-order valence-corrected chi connectivity index (χ2v) is 10.2. The maximum absolute atomic E-state index is 13.1. The van der Waals surface area contributed by atoms with E-state index in [9.17, 15) is 18.0 Å². The number of pyridine rings is 1. The number of rotatable bonds is 5. The number of benzene rings is 1. The number of hydrogen-bond acceptors (Lipinski definition) is 4. The molecule has 2 aliphatic rings. The third-order valence-electron chi connectivity index (χ3n) is 7.12. The van der Waals surface area contributed by atoms with Crippen LogP contribution in [0.15, 0.2) is 36.5 Å². The Kier molecular flexibility index (Phi) is 8.89. The summed E-state index contributed by atoms with van der Waals surface area (Å²) in [6.07, 6.45) is 2.37. The number of hydrogen-bond donors (Lipinski definition) is 2.